The number of aryl methyl sites for hydroxylation is 2. The third-order valence-electron chi connectivity index (χ3n) is 7.07. The summed E-state index contributed by atoms with van der Waals surface area (Å²) < 4.78 is 14.6. The molecule has 0 spiro atoms. The van der Waals surface area contributed by atoms with E-state index in [9.17, 15) is 9.59 Å². The van der Waals surface area contributed by atoms with Crippen molar-refractivity contribution in [3.8, 4) is 23.1 Å². The van der Waals surface area contributed by atoms with Gasteiger partial charge in [0.25, 0.3) is 0 Å². The quantitative estimate of drug-likeness (QED) is 0.197. The highest BCUT2D eigenvalue weighted by molar-refractivity contribution is 6.07. The second-order valence-corrected chi connectivity index (χ2v) is 9.93. The first-order valence-electron chi connectivity index (χ1n) is 13.9. The van der Waals surface area contributed by atoms with Gasteiger partial charge in [0.15, 0.2) is 11.4 Å². The van der Waals surface area contributed by atoms with Gasteiger partial charge in [-0.3, -0.25) is 14.9 Å². The molecular weight excluding hydrogens is 548 g/mol. The van der Waals surface area contributed by atoms with Gasteiger partial charge in [-0.15, -0.1) is 0 Å². The number of nitrogens with one attached hydrogen (secondary N) is 3. The van der Waals surface area contributed by atoms with Crippen LogP contribution in [0.2, 0.25) is 0 Å². The highest BCUT2D eigenvalue weighted by atomic mass is 16.5. The van der Waals surface area contributed by atoms with Crippen molar-refractivity contribution in [2.24, 2.45) is 7.05 Å². The zero-order valence-corrected chi connectivity index (χ0v) is 23.9. The number of aromatic nitrogens is 6. The van der Waals surface area contributed by atoms with Gasteiger partial charge in [-0.2, -0.15) is 5.10 Å². The number of amides is 2. The number of rotatable bonds is 9. The third kappa shape index (κ3) is 5.49. The summed E-state index contributed by atoms with van der Waals surface area (Å²) in [5.41, 5.74) is 2.86. The maximum absolute atomic E-state index is 13.3. The van der Waals surface area contributed by atoms with Crippen molar-refractivity contribution in [3.63, 3.8) is 0 Å². The molecule has 12 heteroatoms. The number of aromatic amines is 1. The topological polar surface area (TPSA) is 141 Å². The van der Waals surface area contributed by atoms with E-state index >= 15 is 0 Å². The number of H-pyrrole nitrogens is 1. The SMILES string of the molecule is CCCCc1cc(NC(=O)Nc2ccc(Oc3ccnc4[nH]c(=O)n(C)c34)c3ccccc23)n(-c2ccc(OC)nc2)n1. The average Bonchev–Trinajstić information content (AvgIpc) is 3.56. The zero-order chi connectivity index (χ0) is 29.9. The van der Waals surface area contributed by atoms with Crippen LogP contribution in [0.4, 0.5) is 16.3 Å². The maximum atomic E-state index is 13.3. The van der Waals surface area contributed by atoms with E-state index in [0.717, 1.165) is 35.7 Å². The van der Waals surface area contributed by atoms with Crippen LogP contribution in [-0.4, -0.2) is 42.4 Å². The number of hydrogen-bond acceptors (Lipinski definition) is 7. The standard InChI is InChI=1S/C31H30N8O4/c1-4-5-8-19-17-26(39(37-19)20-11-14-27(42-3)33-18-20)35-30(40)34-23-12-13-24(22-10-7-6-9-21(22)23)43-25-15-16-32-29-28(25)38(2)31(41)36-29/h6-7,9-18H,4-5,8H2,1-3H3,(H,32,36,41)(H2,34,35,40). The normalized spacial score (nSPS) is 11.1. The number of hydrogen-bond donors (Lipinski definition) is 3. The van der Waals surface area contributed by atoms with Crippen LogP contribution in [-0.2, 0) is 13.5 Å². The summed E-state index contributed by atoms with van der Waals surface area (Å²) in [6, 6.07) is 17.9. The van der Waals surface area contributed by atoms with Gasteiger partial charge in [-0.05, 0) is 31.0 Å². The second kappa shape index (κ2) is 11.7. The third-order valence-corrected chi connectivity index (χ3v) is 7.07. The molecule has 0 saturated carbocycles. The number of pyridine rings is 2. The first-order chi connectivity index (χ1) is 20.9. The molecule has 6 aromatic rings. The van der Waals surface area contributed by atoms with Crippen molar-refractivity contribution in [1.82, 2.24) is 29.3 Å². The van der Waals surface area contributed by atoms with E-state index in [0.29, 0.717) is 45.7 Å². The lowest BCUT2D eigenvalue weighted by Crippen LogP contribution is -2.21. The number of urea groups is 1. The van der Waals surface area contributed by atoms with Gasteiger partial charge in [-0.25, -0.2) is 24.2 Å². The smallest absolute Gasteiger partial charge is 0.327 e. The van der Waals surface area contributed by atoms with Gasteiger partial charge in [0, 0.05) is 42.2 Å². The average molecular weight is 579 g/mol. The number of benzene rings is 2. The second-order valence-electron chi connectivity index (χ2n) is 9.93. The lowest BCUT2D eigenvalue weighted by molar-refractivity contribution is 0.262. The first-order valence-corrected chi connectivity index (χ1v) is 13.9. The Morgan fingerprint density at radius 1 is 1.00 bits per heavy atom. The largest absolute Gasteiger partial charge is 0.481 e. The molecule has 2 aromatic carbocycles. The lowest BCUT2D eigenvalue weighted by atomic mass is 10.1. The van der Waals surface area contributed by atoms with Gasteiger partial charge >= 0.3 is 11.7 Å². The number of fused-ring (bicyclic) bond motifs is 2. The van der Waals surface area contributed by atoms with Crippen molar-refractivity contribution < 1.29 is 14.3 Å². The zero-order valence-electron chi connectivity index (χ0n) is 23.9. The number of carbonyl (C=O) groups is 1. The molecule has 0 radical (unpaired) electrons. The van der Waals surface area contributed by atoms with Crippen LogP contribution in [0.25, 0.3) is 27.6 Å². The van der Waals surface area contributed by atoms with E-state index in [1.165, 1.54) is 4.57 Å². The first kappa shape index (κ1) is 27.5. The molecule has 0 fully saturated rings. The Labute approximate surface area is 246 Å². The maximum Gasteiger partial charge on any atom is 0.327 e. The number of unbranched alkanes of at least 4 members (excludes halogenated alkanes) is 1. The molecule has 0 aliphatic carbocycles. The molecule has 218 valence electrons. The predicted octanol–water partition coefficient (Wildman–Crippen LogP) is 5.78. The summed E-state index contributed by atoms with van der Waals surface area (Å²) in [7, 11) is 3.21. The minimum atomic E-state index is -0.429. The van der Waals surface area contributed by atoms with Crippen molar-refractivity contribution in [2.45, 2.75) is 26.2 Å². The Hall–Kier alpha value is -5.65. The summed E-state index contributed by atoms with van der Waals surface area (Å²) in [5.74, 6) is 2.04. The van der Waals surface area contributed by atoms with Crippen LogP contribution in [0.15, 0.2) is 77.9 Å². The fourth-order valence-corrected chi connectivity index (χ4v) is 4.89. The number of anilines is 2. The van der Waals surface area contributed by atoms with Crippen LogP contribution < -0.4 is 25.8 Å². The molecule has 2 amide bonds. The molecule has 4 aromatic heterocycles. The lowest BCUT2D eigenvalue weighted by Gasteiger charge is -2.15. The Morgan fingerprint density at radius 3 is 2.60 bits per heavy atom. The highest BCUT2D eigenvalue weighted by Crippen LogP contribution is 2.36. The Balaban J connectivity index is 1.28. The van der Waals surface area contributed by atoms with Crippen molar-refractivity contribution in [2.75, 3.05) is 17.7 Å². The fraction of sp³-hybridized carbons (Fsp3) is 0.194. The number of methoxy groups -OCH3 is 1. The van der Waals surface area contributed by atoms with Gasteiger partial charge < -0.3 is 14.8 Å². The van der Waals surface area contributed by atoms with Gasteiger partial charge in [0.2, 0.25) is 5.88 Å². The molecule has 4 heterocycles. The van der Waals surface area contributed by atoms with Crippen LogP contribution in [0.5, 0.6) is 17.4 Å². The van der Waals surface area contributed by atoms with Crippen molar-refractivity contribution in [1.29, 1.82) is 0 Å². The molecule has 12 nitrogen and oxygen atoms in total. The summed E-state index contributed by atoms with van der Waals surface area (Å²) in [5, 5.41) is 12.2. The minimum absolute atomic E-state index is 0.281. The summed E-state index contributed by atoms with van der Waals surface area (Å²) in [6.45, 7) is 2.12. The van der Waals surface area contributed by atoms with Gasteiger partial charge in [0.05, 0.1) is 30.4 Å². The Morgan fingerprint density at radius 2 is 1.84 bits per heavy atom. The number of carbonyl (C=O) groups excluding carboxylic acids is 1. The highest BCUT2D eigenvalue weighted by Gasteiger charge is 2.17. The van der Waals surface area contributed by atoms with Crippen molar-refractivity contribution in [3.05, 3.63) is 89.2 Å². The molecule has 0 atom stereocenters. The van der Waals surface area contributed by atoms with E-state index in [4.69, 9.17) is 14.6 Å². The van der Waals surface area contributed by atoms with Crippen LogP contribution in [0.3, 0.4) is 0 Å². The predicted molar refractivity (Wildman–Crippen MR) is 165 cm³/mol. The van der Waals surface area contributed by atoms with Gasteiger partial charge in [0.1, 0.15) is 17.1 Å². The monoisotopic (exact) mass is 578 g/mol. The Kier molecular flexibility index (Phi) is 7.48. The molecule has 0 saturated heterocycles. The number of ether oxygens (including phenoxy) is 2. The minimum Gasteiger partial charge on any atom is -0.481 e. The van der Waals surface area contributed by atoms with E-state index in [2.05, 4.69) is 32.5 Å². The molecular formula is C31H30N8O4. The molecule has 6 rings (SSSR count). The van der Waals surface area contributed by atoms with Crippen LogP contribution in [0.1, 0.15) is 25.5 Å². The van der Waals surface area contributed by atoms with E-state index in [1.54, 1.807) is 55.5 Å². The molecule has 43 heavy (non-hydrogen) atoms. The van der Waals surface area contributed by atoms with Gasteiger partial charge in [-0.1, -0.05) is 37.6 Å². The fourth-order valence-electron chi connectivity index (χ4n) is 4.89. The summed E-state index contributed by atoms with van der Waals surface area (Å²) in [4.78, 5) is 36.7. The molecule has 0 aliphatic heterocycles. The Bertz CT molecular complexity index is 1990. The van der Waals surface area contributed by atoms with E-state index in [1.807, 2.05) is 36.4 Å². The molecule has 0 aliphatic rings. The van der Waals surface area contributed by atoms with E-state index < -0.39 is 6.03 Å². The molecule has 0 bridgehead atoms. The molecule has 3 N–H and O–H groups in total. The van der Waals surface area contributed by atoms with E-state index in [-0.39, 0.29) is 5.69 Å². The van der Waals surface area contributed by atoms with Crippen molar-refractivity contribution >= 4 is 39.5 Å². The number of nitrogens with zero attached hydrogens (tertiary/aromatic N) is 5. The summed E-state index contributed by atoms with van der Waals surface area (Å²) >= 11 is 0. The van der Waals surface area contributed by atoms with Crippen LogP contribution in [0, 0.1) is 0 Å². The van der Waals surface area contributed by atoms with Crippen LogP contribution >= 0.6 is 0 Å². The summed E-state index contributed by atoms with van der Waals surface area (Å²) in [6.07, 6.45) is 6.02. The molecule has 0 unspecified atom stereocenters. The number of imidazole rings is 1.